The summed E-state index contributed by atoms with van der Waals surface area (Å²) in [6.45, 7) is 3.33. The zero-order valence-corrected chi connectivity index (χ0v) is 10.1. The molecule has 3 heteroatoms. The summed E-state index contributed by atoms with van der Waals surface area (Å²) in [6.07, 6.45) is 1.06. The van der Waals surface area contributed by atoms with Crippen LogP contribution in [0.5, 0.6) is 0 Å². The van der Waals surface area contributed by atoms with Crippen LogP contribution in [0.1, 0.15) is 22.8 Å². The second-order valence-corrected chi connectivity index (χ2v) is 4.61. The van der Waals surface area contributed by atoms with Crippen LogP contribution in [0, 0.1) is 5.92 Å². The summed E-state index contributed by atoms with van der Waals surface area (Å²) in [6, 6.07) is 5.95. The number of nitrogens with one attached hydrogen (secondary N) is 1. The summed E-state index contributed by atoms with van der Waals surface area (Å²) in [4.78, 5) is 13.8. The van der Waals surface area contributed by atoms with Crippen molar-refractivity contribution in [2.24, 2.45) is 5.92 Å². The Morgan fingerprint density at radius 1 is 1.50 bits per heavy atom. The van der Waals surface area contributed by atoms with Crippen molar-refractivity contribution in [3.05, 3.63) is 29.3 Å². The molecule has 0 saturated heterocycles. The molecule has 0 aromatic heterocycles. The van der Waals surface area contributed by atoms with Crippen molar-refractivity contribution in [1.82, 2.24) is 5.32 Å². The number of carbonyl (C=O) groups excluding carboxylic acids is 1. The van der Waals surface area contributed by atoms with Gasteiger partial charge < -0.3 is 10.2 Å². The van der Waals surface area contributed by atoms with Crippen molar-refractivity contribution in [2.45, 2.75) is 13.3 Å². The first kappa shape index (κ1) is 11.0. The average molecular weight is 218 g/mol. The fraction of sp³-hybridized carbons (Fsp3) is 0.462. The van der Waals surface area contributed by atoms with Crippen molar-refractivity contribution in [3.63, 3.8) is 0 Å². The van der Waals surface area contributed by atoms with Crippen LogP contribution in [0.15, 0.2) is 18.2 Å². The number of rotatable bonds is 1. The Balaban J connectivity index is 2.38. The van der Waals surface area contributed by atoms with E-state index >= 15 is 0 Å². The van der Waals surface area contributed by atoms with E-state index in [1.165, 1.54) is 11.3 Å². The predicted octanol–water partition coefficient (Wildman–Crippen LogP) is 1.67. The van der Waals surface area contributed by atoms with Gasteiger partial charge in [0.15, 0.2) is 0 Å². The number of hydrogen-bond acceptors (Lipinski definition) is 2. The SMILES string of the molecule is CNC(=O)c1ccc2c(c1)C[C@@H](C)CN2C. The number of benzene rings is 1. The maximum Gasteiger partial charge on any atom is 0.251 e. The van der Waals surface area contributed by atoms with Gasteiger partial charge in [0.25, 0.3) is 5.91 Å². The second-order valence-electron chi connectivity index (χ2n) is 4.61. The van der Waals surface area contributed by atoms with E-state index in [0.717, 1.165) is 18.5 Å². The van der Waals surface area contributed by atoms with Gasteiger partial charge in [0.05, 0.1) is 0 Å². The molecule has 2 rings (SSSR count). The van der Waals surface area contributed by atoms with Gasteiger partial charge in [-0.3, -0.25) is 4.79 Å². The predicted molar refractivity (Wildman–Crippen MR) is 66.0 cm³/mol. The van der Waals surface area contributed by atoms with Crippen LogP contribution in [-0.2, 0) is 6.42 Å². The Labute approximate surface area is 96.5 Å². The summed E-state index contributed by atoms with van der Waals surface area (Å²) >= 11 is 0. The minimum atomic E-state index is -0.0105. The van der Waals surface area contributed by atoms with Gasteiger partial charge in [-0.2, -0.15) is 0 Å². The second kappa shape index (κ2) is 4.16. The van der Waals surface area contributed by atoms with Crippen LogP contribution < -0.4 is 10.2 Å². The van der Waals surface area contributed by atoms with Crippen molar-refractivity contribution in [3.8, 4) is 0 Å². The fourth-order valence-corrected chi connectivity index (χ4v) is 2.41. The first-order valence-electron chi connectivity index (χ1n) is 5.68. The zero-order valence-electron chi connectivity index (χ0n) is 10.1. The lowest BCUT2D eigenvalue weighted by molar-refractivity contribution is 0.0963. The van der Waals surface area contributed by atoms with Gasteiger partial charge in [-0.25, -0.2) is 0 Å². The van der Waals surface area contributed by atoms with Gasteiger partial charge in [0.2, 0.25) is 0 Å². The zero-order chi connectivity index (χ0) is 11.7. The molecule has 1 atom stereocenters. The highest BCUT2D eigenvalue weighted by molar-refractivity contribution is 5.94. The molecule has 86 valence electrons. The monoisotopic (exact) mass is 218 g/mol. The van der Waals surface area contributed by atoms with E-state index in [9.17, 15) is 4.79 Å². The maximum absolute atomic E-state index is 11.5. The molecule has 1 amide bonds. The smallest absolute Gasteiger partial charge is 0.251 e. The molecule has 0 fully saturated rings. The lowest BCUT2D eigenvalue weighted by Crippen LogP contribution is -2.31. The van der Waals surface area contributed by atoms with Crippen molar-refractivity contribution < 1.29 is 4.79 Å². The average Bonchev–Trinajstić information content (AvgIpc) is 2.27. The van der Waals surface area contributed by atoms with E-state index in [4.69, 9.17) is 0 Å². The van der Waals surface area contributed by atoms with Crippen LogP contribution in [0.3, 0.4) is 0 Å². The summed E-state index contributed by atoms with van der Waals surface area (Å²) in [7, 11) is 3.77. The molecule has 1 heterocycles. The molecule has 1 aromatic rings. The highest BCUT2D eigenvalue weighted by Gasteiger charge is 2.19. The van der Waals surface area contributed by atoms with E-state index < -0.39 is 0 Å². The number of fused-ring (bicyclic) bond motifs is 1. The molecule has 1 aliphatic rings. The van der Waals surface area contributed by atoms with Crippen LogP contribution >= 0.6 is 0 Å². The molecule has 0 saturated carbocycles. The quantitative estimate of drug-likeness (QED) is 0.777. The normalized spacial score (nSPS) is 19.2. The first-order chi connectivity index (χ1) is 7.61. The number of hydrogen-bond donors (Lipinski definition) is 1. The van der Waals surface area contributed by atoms with Gasteiger partial charge in [0, 0.05) is 31.9 Å². The molecule has 0 unspecified atom stereocenters. The summed E-state index contributed by atoms with van der Waals surface area (Å²) < 4.78 is 0. The Kier molecular flexibility index (Phi) is 2.86. The third-order valence-electron chi connectivity index (χ3n) is 3.13. The standard InChI is InChI=1S/C13H18N2O/c1-9-6-11-7-10(13(16)14-2)4-5-12(11)15(3)8-9/h4-5,7,9H,6,8H2,1-3H3,(H,14,16)/t9-/m1/s1. The molecule has 1 N–H and O–H groups in total. The van der Waals surface area contributed by atoms with E-state index in [0.29, 0.717) is 5.92 Å². The number of carbonyl (C=O) groups is 1. The molecule has 0 radical (unpaired) electrons. The van der Waals surface area contributed by atoms with E-state index in [-0.39, 0.29) is 5.91 Å². The minimum Gasteiger partial charge on any atom is -0.374 e. The summed E-state index contributed by atoms with van der Waals surface area (Å²) in [5.41, 5.74) is 3.29. The lowest BCUT2D eigenvalue weighted by atomic mass is 9.93. The molecule has 0 bridgehead atoms. The number of nitrogens with zero attached hydrogens (tertiary/aromatic N) is 1. The Bertz CT molecular complexity index is 414. The Morgan fingerprint density at radius 2 is 2.25 bits per heavy atom. The minimum absolute atomic E-state index is 0.0105. The van der Waals surface area contributed by atoms with Crippen molar-refractivity contribution in [1.29, 1.82) is 0 Å². The number of anilines is 1. The molecule has 3 nitrogen and oxygen atoms in total. The van der Waals surface area contributed by atoms with Gasteiger partial charge in [0.1, 0.15) is 0 Å². The van der Waals surface area contributed by atoms with Gasteiger partial charge >= 0.3 is 0 Å². The van der Waals surface area contributed by atoms with E-state index in [1.54, 1.807) is 7.05 Å². The molecular formula is C13H18N2O. The van der Waals surface area contributed by atoms with E-state index in [2.05, 4.69) is 24.2 Å². The summed E-state index contributed by atoms with van der Waals surface area (Å²) in [5, 5.41) is 2.66. The third kappa shape index (κ3) is 1.90. The van der Waals surface area contributed by atoms with Crippen LogP contribution in [0.25, 0.3) is 0 Å². The Morgan fingerprint density at radius 3 is 2.94 bits per heavy atom. The van der Waals surface area contributed by atoms with E-state index in [1.807, 2.05) is 18.2 Å². The molecule has 1 aromatic carbocycles. The van der Waals surface area contributed by atoms with Crippen molar-refractivity contribution >= 4 is 11.6 Å². The lowest BCUT2D eigenvalue weighted by Gasteiger charge is -2.31. The summed E-state index contributed by atoms with van der Waals surface area (Å²) in [5.74, 6) is 0.640. The maximum atomic E-state index is 11.5. The van der Waals surface area contributed by atoms with Crippen LogP contribution in [-0.4, -0.2) is 26.5 Å². The highest BCUT2D eigenvalue weighted by Crippen LogP contribution is 2.29. The largest absolute Gasteiger partial charge is 0.374 e. The van der Waals surface area contributed by atoms with Gasteiger partial charge in [-0.1, -0.05) is 6.92 Å². The Hall–Kier alpha value is -1.51. The molecule has 1 aliphatic heterocycles. The van der Waals surface area contributed by atoms with Crippen LogP contribution in [0.2, 0.25) is 0 Å². The highest BCUT2D eigenvalue weighted by atomic mass is 16.1. The van der Waals surface area contributed by atoms with Crippen molar-refractivity contribution in [2.75, 3.05) is 25.5 Å². The molecule has 16 heavy (non-hydrogen) atoms. The first-order valence-corrected chi connectivity index (χ1v) is 5.68. The van der Waals surface area contributed by atoms with Gasteiger partial charge in [-0.15, -0.1) is 0 Å². The third-order valence-corrected chi connectivity index (χ3v) is 3.13. The topological polar surface area (TPSA) is 32.3 Å². The molecule has 0 spiro atoms. The fourth-order valence-electron chi connectivity index (χ4n) is 2.41. The molecular weight excluding hydrogens is 200 g/mol. The number of amides is 1. The van der Waals surface area contributed by atoms with Gasteiger partial charge in [-0.05, 0) is 36.1 Å². The van der Waals surface area contributed by atoms with Crippen LogP contribution in [0.4, 0.5) is 5.69 Å². The molecule has 0 aliphatic carbocycles.